The Bertz CT molecular complexity index is 620. The second-order valence-corrected chi connectivity index (χ2v) is 6.03. The summed E-state index contributed by atoms with van der Waals surface area (Å²) in [5.41, 5.74) is 2.09. The molecule has 1 amide bonds. The van der Waals surface area contributed by atoms with Crippen LogP contribution in [0.5, 0.6) is 0 Å². The van der Waals surface area contributed by atoms with Crippen LogP contribution in [0.3, 0.4) is 0 Å². The Hall–Kier alpha value is -1.83. The molecular weight excluding hydrogens is 288 g/mol. The Morgan fingerprint density at radius 3 is 2.81 bits per heavy atom. The number of carbonyl (C=O) groups is 1. The van der Waals surface area contributed by atoms with Crippen molar-refractivity contribution in [2.75, 3.05) is 5.75 Å². The highest BCUT2D eigenvalue weighted by Gasteiger charge is 2.12. The minimum absolute atomic E-state index is 0.0166. The summed E-state index contributed by atoms with van der Waals surface area (Å²) in [6.45, 7) is 6.62. The van der Waals surface area contributed by atoms with Crippen molar-refractivity contribution < 1.29 is 4.79 Å². The molecule has 2 rings (SSSR count). The van der Waals surface area contributed by atoms with E-state index in [0.29, 0.717) is 12.3 Å². The van der Waals surface area contributed by atoms with Crippen LogP contribution in [0.4, 0.5) is 0 Å². The number of hydrogen-bond donors (Lipinski definition) is 1. The van der Waals surface area contributed by atoms with Gasteiger partial charge in [-0.1, -0.05) is 11.8 Å². The second-order valence-electron chi connectivity index (χ2n) is 5.09. The summed E-state index contributed by atoms with van der Waals surface area (Å²) in [6, 6.07) is 2.05. The van der Waals surface area contributed by atoms with Crippen molar-refractivity contribution in [2.24, 2.45) is 7.05 Å². The monoisotopic (exact) mass is 308 g/mol. The molecule has 0 aliphatic rings. The van der Waals surface area contributed by atoms with Gasteiger partial charge in [0.15, 0.2) is 5.16 Å². The van der Waals surface area contributed by atoms with Gasteiger partial charge in [-0.05, 0) is 26.8 Å². The zero-order valence-corrected chi connectivity index (χ0v) is 13.5. The van der Waals surface area contributed by atoms with Crippen LogP contribution in [0, 0.1) is 13.8 Å². The lowest BCUT2D eigenvalue weighted by Gasteiger charge is -2.14. The number of aryl methyl sites for hydroxylation is 3. The number of carbonyl (C=O) groups excluding carboxylic acids is 1. The summed E-state index contributed by atoms with van der Waals surface area (Å²) in [4.78, 5) is 11.9. The van der Waals surface area contributed by atoms with E-state index in [1.807, 2.05) is 38.6 Å². The summed E-state index contributed by atoms with van der Waals surface area (Å²) in [5.74, 6) is 0.311. The van der Waals surface area contributed by atoms with Crippen LogP contribution >= 0.6 is 11.8 Å². The lowest BCUT2D eigenvalue weighted by molar-refractivity contribution is -0.119. The molecule has 2 aromatic rings. The van der Waals surface area contributed by atoms with E-state index >= 15 is 0 Å². The molecule has 0 bridgehead atoms. The topological polar surface area (TPSA) is 77.6 Å². The third-order valence-corrected chi connectivity index (χ3v) is 3.99. The van der Waals surface area contributed by atoms with Crippen LogP contribution in [0.1, 0.15) is 18.3 Å². The first-order valence-corrected chi connectivity index (χ1v) is 7.71. The number of thioether (sulfide) groups is 1. The fourth-order valence-corrected chi connectivity index (χ4v) is 2.71. The fourth-order valence-electron chi connectivity index (χ4n) is 2.01. The van der Waals surface area contributed by atoms with Gasteiger partial charge in [0.25, 0.3) is 0 Å². The van der Waals surface area contributed by atoms with E-state index in [9.17, 15) is 4.79 Å². The van der Waals surface area contributed by atoms with Crippen LogP contribution in [-0.4, -0.2) is 42.2 Å². The standard InChI is InChI=1S/C13H20N6OS/c1-9-5-11(3)19(17-9)6-10(2)15-12(20)7-21-13-16-14-8-18(13)4/h5,8,10H,6-7H2,1-4H3,(H,15,20). The fraction of sp³-hybridized carbons (Fsp3) is 0.538. The zero-order valence-electron chi connectivity index (χ0n) is 12.7. The number of nitrogens with zero attached hydrogens (tertiary/aromatic N) is 5. The maximum Gasteiger partial charge on any atom is 0.230 e. The Morgan fingerprint density at radius 2 is 2.24 bits per heavy atom. The molecule has 1 atom stereocenters. The lowest BCUT2D eigenvalue weighted by Crippen LogP contribution is -2.37. The first-order chi connectivity index (χ1) is 9.95. The summed E-state index contributed by atoms with van der Waals surface area (Å²) < 4.78 is 3.70. The predicted molar refractivity (Wildman–Crippen MR) is 81.0 cm³/mol. The van der Waals surface area contributed by atoms with Crippen LogP contribution in [0.25, 0.3) is 0 Å². The highest BCUT2D eigenvalue weighted by atomic mass is 32.2. The van der Waals surface area contributed by atoms with Crippen molar-refractivity contribution in [3.8, 4) is 0 Å². The Balaban J connectivity index is 1.79. The molecule has 21 heavy (non-hydrogen) atoms. The molecule has 2 aromatic heterocycles. The van der Waals surface area contributed by atoms with Crippen molar-refractivity contribution >= 4 is 17.7 Å². The molecule has 0 saturated carbocycles. The van der Waals surface area contributed by atoms with E-state index in [1.54, 1.807) is 10.9 Å². The largest absolute Gasteiger partial charge is 0.351 e. The van der Waals surface area contributed by atoms with Gasteiger partial charge in [0.2, 0.25) is 5.91 Å². The quantitative estimate of drug-likeness (QED) is 0.803. The Kier molecular flexibility index (Phi) is 5.00. The summed E-state index contributed by atoms with van der Waals surface area (Å²) in [7, 11) is 1.85. The van der Waals surface area contributed by atoms with Crippen molar-refractivity contribution in [3.63, 3.8) is 0 Å². The van der Waals surface area contributed by atoms with Crippen molar-refractivity contribution in [1.29, 1.82) is 0 Å². The minimum Gasteiger partial charge on any atom is -0.351 e. The smallest absolute Gasteiger partial charge is 0.230 e. The molecule has 0 fully saturated rings. The van der Waals surface area contributed by atoms with Crippen LogP contribution in [-0.2, 0) is 18.4 Å². The molecule has 2 heterocycles. The molecule has 0 saturated heterocycles. The van der Waals surface area contributed by atoms with E-state index in [1.165, 1.54) is 11.8 Å². The molecule has 1 N–H and O–H groups in total. The van der Waals surface area contributed by atoms with E-state index in [2.05, 4.69) is 20.6 Å². The lowest BCUT2D eigenvalue weighted by atomic mass is 10.3. The zero-order chi connectivity index (χ0) is 15.4. The molecule has 0 aromatic carbocycles. The normalized spacial score (nSPS) is 12.4. The molecule has 0 radical (unpaired) electrons. The first-order valence-electron chi connectivity index (χ1n) is 6.73. The van der Waals surface area contributed by atoms with Gasteiger partial charge in [0, 0.05) is 18.8 Å². The second kappa shape index (κ2) is 6.75. The molecule has 8 heteroatoms. The molecule has 0 aliphatic heterocycles. The number of amides is 1. The van der Waals surface area contributed by atoms with Crippen molar-refractivity contribution in [1.82, 2.24) is 29.9 Å². The summed E-state index contributed by atoms with van der Waals surface area (Å²) in [5, 5.41) is 15.8. The number of rotatable bonds is 6. The first kappa shape index (κ1) is 15.6. The van der Waals surface area contributed by atoms with Crippen LogP contribution in [0.2, 0.25) is 0 Å². The average molecular weight is 308 g/mol. The van der Waals surface area contributed by atoms with Gasteiger partial charge in [0.1, 0.15) is 6.33 Å². The molecule has 1 unspecified atom stereocenters. The summed E-state index contributed by atoms with van der Waals surface area (Å²) >= 11 is 1.37. The molecule has 7 nitrogen and oxygen atoms in total. The Labute approximate surface area is 128 Å². The van der Waals surface area contributed by atoms with E-state index < -0.39 is 0 Å². The average Bonchev–Trinajstić information content (AvgIpc) is 2.93. The van der Waals surface area contributed by atoms with Gasteiger partial charge in [-0.2, -0.15) is 5.10 Å². The summed E-state index contributed by atoms with van der Waals surface area (Å²) in [6.07, 6.45) is 1.62. The number of hydrogen-bond acceptors (Lipinski definition) is 5. The van der Waals surface area contributed by atoms with Gasteiger partial charge >= 0.3 is 0 Å². The van der Waals surface area contributed by atoms with Gasteiger partial charge in [0.05, 0.1) is 18.0 Å². The SMILES string of the molecule is Cc1cc(C)n(CC(C)NC(=O)CSc2nncn2C)n1. The Morgan fingerprint density at radius 1 is 1.48 bits per heavy atom. The maximum atomic E-state index is 11.9. The molecular formula is C13H20N6OS. The van der Waals surface area contributed by atoms with Gasteiger partial charge in [-0.3, -0.25) is 9.48 Å². The highest BCUT2D eigenvalue weighted by Crippen LogP contribution is 2.12. The predicted octanol–water partition coefficient (Wildman–Crippen LogP) is 0.925. The van der Waals surface area contributed by atoms with Crippen LogP contribution in [0.15, 0.2) is 17.6 Å². The van der Waals surface area contributed by atoms with E-state index in [0.717, 1.165) is 16.5 Å². The van der Waals surface area contributed by atoms with Gasteiger partial charge < -0.3 is 9.88 Å². The van der Waals surface area contributed by atoms with Crippen LogP contribution < -0.4 is 5.32 Å². The van der Waals surface area contributed by atoms with Crippen molar-refractivity contribution in [3.05, 3.63) is 23.8 Å². The maximum absolute atomic E-state index is 11.9. The van der Waals surface area contributed by atoms with E-state index in [-0.39, 0.29) is 11.9 Å². The molecule has 0 spiro atoms. The molecule has 0 aliphatic carbocycles. The number of nitrogens with one attached hydrogen (secondary N) is 1. The van der Waals surface area contributed by atoms with Gasteiger partial charge in [-0.25, -0.2) is 0 Å². The third-order valence-electron chi connectivity index (χ3n) is 2.96. The third kappa shape index (κ3) is 4.32. The minimum atomic E-state index is -0.0166. The number of aromatic nitrogens is 5. The van der Waals surface area contributed by atoms with Crippen molar-refractivity contribution in [2.45, 2.75) is 38.5 Å². The highest BCUT2D eigenvalue weighted by molar-refractivity contribution is 7.99. The molecule has 114 valence electrons. The van der Waals surface area contributed by atoms with E-state index in [4.69, 9.17) is 0 Å². The van der Waals surface area contributed by atoms with Gasteiger partial charge in [-0.15, -0.1) is 10.2 Å².